The molecule has 1 aliphatic heterocycles. The summed E-state index contributed by atoms with van der Waals surface area (Å²) in [6.07, 6.45) is -4.77. The van der Waals surface area contributed by atoms with Gasteiger partial charge in [-0.3, -0.25) is 4.90 Å². The topological polar surface area (TPSA) is 65.1 Å². The Hall–Kier alpha value is -2.46. The van der Waals surface area contributed by atoms with Crippen molar-refractivity contribution in [2.24, 2.45) is 0 Å². The Morgan fingerprint density at radius 2 is 1.62 bits per heavy atom. The Kier molecular flexibility index (Phi) is 5.95. The SMILES string of the molecule is COc1cccc(OC)c1C1N(Cc2ccc(OC(F)(F)F)cc2)CCS1(=O)=O. The molecule has 3 rings (SSSR count). The monoisotopic (exact) mass is 431 g/mol. The maximum absolute atomic E-state index is 12.8. The summed E-state index contributed by atoms with van der Waals surface area (Å²) in [5.41, 5.74) is 1.06. The second-order valence-corrected chi connectivity index (χ2v) is 8.64. The normalized spacial score (nSPS) is 19.1. The second kappa shape index (κ2) is 8.11. The zero-order valence-electron chi connectivity index (χ0n) is 15.8. The summed E-state index contributed by atoms with van der Waals surface area (Å²) in [6.45, 7) is 0.492. The minimum atomic E-state index is -4.77. The van der Waals surface area contributed by atoms with Crippen molar-refractivity contribution in [2.75, 3.05) is 26.5 Å². The van der Waals surface area contributed by atoms with Gasteiger partial charge in [0.1, 0.15) is 22.6 Å². The first kappa shape index (κ1) is 21.3. The van der Waals surface area contributed by atoms with Gasteiger partial charge in [-0.25, -0.2) is 8.42 Å². The first-order valence-electron chi connectivity index (χ1n) is 8.66. The van der Waals surface area contributed by atoms with Crippen LogP contribution < -0.4 is 14.2 Å². The summed E-state index contributed by atoms with van der Waals surface area (Å²) in [5, 5.41) is -0.986. The van der Waals surface area contributed by atoms with Gasteiger partial charge in [0.25, 0.3) is 0 Å². The van der Waals surface area contributed by atoms with Crippen molar-refractivity contribution in [3.8, 4) is 17.2 Å². The maximum atomic E-state index is 12.8. The molecule has 1 saturated heterocycles. The van der Waals surface area contributed by atoms with Crippen LogP contribution >= 0.6 is 0 Å². The van der Waals surface area contributed by atoms with E-state index < -0.39 is 21.6 Å². The minimum Gasteiger partial charge on any atom is -0.496 e. The predicted octanol–water partition coefficient (Wildman–Crippen LogP) is 3.53. The fourth-order valence-electron chi connectivity index (χ4n) is 3.38. The molecule has 29 heavy (non-hydrogen) atoms. The van der Waals surface area contributed by atoms with Crippen molar-refractivity contribution in [2.45, 2.75) is 18.3 Å². The molecule has 0 amide bonds. The van der Waals surface area contributed by atoms with Crippen LogP contribution in [0, 0.1) is 0 Å². The summed E-state index contributed by atoms with van der Waals surface area (Å²) in [4.78, 5) is 1.73. The number of methoxy groups -OCH3 is 2. The molecule has 1 atom stereocenters. The highest BCUT2D eigenvalue weighted by Crippen LogP contribution is 2.43. The molecule has 1 aliphatic rings. The highest BCUT2D eigenvalue weighted by Gasteiger charge is 2.42. The zero-order valence-corrected chi connectivity index (χ0v) is 16.6. The molecule has 0 bridgehead atoms. The summed E-state index contributed by atoms with van der Waals surface area (Å²) in [7, 11) is -0.618. The van der Waals surface area contributed by atoms with Crippen LogP contribution in [0.1, 0.15) is 16.5 Å². The van der Waals surface area contributed by atoms with Gasteiger partial charge < -0.3 is 14.2 Å². The number of rotatable bonds is 6. The lowest BCUT2D eigenvalue weighted by Crippen LogP contribution is -2.26. The van der Waals surface area contributed by atoms with Gasteiger partial charge in [0.15, 0.2) is 9.84 Å². The van der Waals surface area contributed by atoms with Crippen LogP contribution in [-0.4, -0.2) is 46.2 Å². The third-order valence-corrected chi connectivity index (χ3v) is 6.56. The molecule has 0 radical (unpaired) electrons. The molecule has 1 fully saturated rings. The average molecular weight is 431 g/mol. The number of hydrogen-bond acceptors (Lipinski definition) is 6. The molecule has 0 aliphatic carbocycles. The van der Waals surface area contributed by atoms with Crippen LogP contribution in [0.5, 0.6) is 17.2 Å². The number of alkyl halides is 3. The lowest BCUT2D eigenvalue weighted by molar-refractivity contribution is -0.274. The predicted molar refractivity (Wildman–Crippen MR) is 99.6 cm³/mol. The lowest BCUT2D eigenvalue weighted by Gasteiger charge is -2.26. The molecule has 0 N–H and O–H groups in total. The molecule has 1 heterocycles. The Morgan fingerprint density at radius 3 is 2.14 bits per heavy atom. The first-order chi connectivity index (χ1) is 13.6. The quantitative estimate of drug-likeness (QED) is 0.697. The van der Waals surface area contributed by atoms with Crippen LogP contribution in [0.2, 0.25) is 0 Å². The Balaban J connectivity index is 1.91. The van der Waals surface area contributed by atoms with E-state index in [0.717, 1.165) is 0 Å². The molecule has 158 valence electrons. The zero-order chi connectivity index (χ0) is 21.2. The molecule has 2 aromatic carbocycles. The molecule has 0 spiro atoms. The van der Waals surface area contributed by atoms with Crippen LogP contribution in [0.3, 0.4) is 0 Å². The second-order valence-electron chi connectivity index (χ2n) is 6.46. The first-order valence-corrected chi connectivity index (χ1v) is 10.4. The van der Waals surface area contributed by atoms with Crippen molar-refractivity contribution in [1.82, 2.24) is 4.90 Å². The van der Waals surface area contributed by atoms with E-state index >= 15 is 0 Å². The number of hydrogen-bond donors (Lipinski definition) is 0. The summed E-state index contributed by atoms with van der Waals surface area (Å²) >= 11 is 0. The molecule has 1 unspecified atom stereocenters. The van der Waals surface area contributed by atoms with Crippen LogP contribution in [0.15, 0.2) is 42.5 Å². The highest BCUT2D eigenvalue weighted by molar-refractivity contribution is 7.91. The maximum Gasteiger partial charge on any atom is 0.573 e. The smallest absolute Gasteiger partial charge is 0.496 e. The van der Waals surface area contributed by atoms with E-state index in [1.54, 1.807) is 23.1 Å². The van der Waals surface area contributed by atoms with E-state index in [1.165, 1.54) is 38.5 Å². The Morgan fingerprint density at radius 1 is 1.03 bits per heavy atom. The molecule has 0 saturated carbocycles. The highest BCUT2D eigenvalue weighted by atomic mass is 32.2. The van der Waals surface area contributed by atoms with Crippen LogP contribution in [0.4, 0.5) is 13.2 Å². The van der Waals surface area contributed by atoms with E-state index in [9.17, 15) is 21.6 Å². The number of sulfone groups is 1. The number of nitrogens with zero attached hydrogens (tertiary/aromatic N) is 1. The fraction of sp³-hybridized carbons (Fsp3) is 0.368. The number of benzene rings is 2. The van der Waals surface area contributed by atoms with Gasteiger partial charge in [0.05, 0.1) is 25.5 Å². The molecular weight excluding hydrogens is 411 g/mol. The molecule has 10 heteroatoms. The van der Waals surface area contributed by atoms with Crippen molar-refractivity contribution in [3.05, 3.63) is 53.6 Å². The number of ether oxygens (including phenoxy) is 3. The van der Waals surface area contributed by atoms with Crippen LogP contribution in [0.25, 0.3) is 0 Å². The van der Waals surface area contributed by atoms with E-state index in [2.05, 4.69) is 4.74 Å². The van der Waals surface area contributed by atoms with Gasteiger partial charge in [-0.05, 0) is 29.8 Å². The summed E-state index contributed by atoms with van der Waals surface area (Å²) in [6, 6.07) is 10.4. The number of halogens is 3. The van der Waals surface area contributed by atoms with Crippen LogP contribution in [-0.2, 0) is 16.4 Å². The van der Waals surface area contributed by atoms with Gasteiger partial charge in [-0.15, -0.1) is 13.2 Å². The lowest BCUT2D eigenvalue weighted by atomic mass is 10.1. The van der Waals surface area contributed by atoms with Crippen molar-refractivity contribution < 1.29 is 35.8 Å². The molecule has 6 nitrogen and oxygen atoms in total. The van der Waals surface area contributed by atoms with Gasteiger partial charge in [-0.2, -0.15) is 0 Å². The third-order valence-electron chi connectivity index (χ3n) is 4.59. The van der Waals surface area contributed by atoms with Crippen molar-refractivity contribution in [3.63, 3.8) is 0 Å². The van der Waals surface area contributed by atoms with E-state index in [1.807, 2.05) is 0 Å². The van der Waals surface area contributed by atoms with Crippen molar-refractivity contribution >= 4 is 9.84 Å². The van der Waals surface area contributed by atoms with E-state index in [0.29, 0.717) is 22.6 Å². The molecular formula is C19H20F3NO5S. The summed E-state index contributed by atoms with van der Waals surface area (Å²) < 4.78 is 77.2. The van der Waals surface area contributed by atoms with E-state index in [-0.39, 0.29) is 24.6 Å². The van der Waals surface area contributed by atoms with Gasteiger partial charge >= 0.3 is 6.36 Å². The Bertz CT molecular complexity index is 939. The minimum absolute atomic E-state index is 0.0475. The largest absolute Gasteiger partial charge is 0.573 e. The van der Waals surface area contributed by atoms with Crippen molar-refractivity contribution in [1.29, 1.82) is 0 Å². The van der Waals surface area contributed by atoms with E-state index in [4.69, 9.17) is 9.47 Å². The molecule has 2 aromatic rings. The fourth-order valence-corrected chi connectivity index (χ4v) is 5.32. The summed E-state index contributed by atoms with van der Waals surface area (Å²) in [5.74, 6) is 0.393. The van der Waals surface area contributed by atoms with Gasteiger partial charge in [0.2, 0.25) is 0 Å². The average Bonchev–Trinajstić information content (AvgIpc) is 2.95. The standard InChI is InChI=1S/C19H20F3NO5S/c1-26-15-4-3-5-16(27-2)17(15)18-23(10-11-29(18,24)25)12-13-6-8-14(9-7-13)28-19(20,21)22/h3-9,18H,10-12H2,1-2H3. The molecule has 0 aromatic heterocycles. The van der Waals surface area contributed by atoms with Gasteiger partial charge in [0, 0.05) is 13.1 Å². The van der Waals surface area contributed by atoms with Gasteiger partial charge in [-0.1, -0.05) is 18.2 Å². The third kappa shape index (κ3) is 4.76. The Labute approximate surface area is 166 Å².